The standard InChI is InChI=1S/C21H24N4O2S/c1-24(2)19(26)15-28-21-23-22-20(17-11-7-8-12-18(17)27-3)25(21)14-13-16-9-5-4-6-10-16/h4-12H,13-15H2,1-3H3. The Morgan fingerprint density at radius 1 is 1.07 bits per heavy atom. The number of methoxy groups -OCH3 is 1. The van der Waals surface area contributed by atoms with Gasteiger partial charge in [0.1, 0.15) is 5.75 Å². The van der Waals surface area contributed by atoms with E-state index in [0.29, 0.717) is 12.3 Å². The van der Waals surface area contributed by atoms with Crippen LogP contribution >= 0.6 is 11.8 Å². The lowest BCUT2D eigenvalue weighted by Gasteiger charge is -2.13. The van der Waals surface area contributed by atoms with Crippen molar-refractivity contribution in [3.8, 4) is 17.1 Å². The molecule has 0 aliphatic heterocycles. The number of hydrogen-bond donors (Lipinski definition) is 0. The molecule has 6 nitrogen and oxygen atoms in total. The van der Waals surface area contributed by atoms with E-state index in [9.17, 15) is 4.79 Å². The summed E-state index contributed by atoms with van der Waals surface area (Å²) in [7, 11) is 5.15. The van der Waals surface area contributed by atoms with Crippen molar-refractivity contribution in [1.82, 2.24) is 19.7 Å². The molecule has 1 amide bonds. The zero-order valence-corrected chi connectivity index (χ0v) is 17.1. The predicted molar refractivity (Wildman–Crippen MR) is 112 cm³/mol. The Bertz CT molecular complexity index is 925. The van der Waals surface area contributed by atoms with Gasteiger partial charge >= 0.3 is 0 Å². The minimum absolute atomic E-state index is 0.0430. The van der Waals surface area contributed by atoms with Gasteiger partial charge in [-0.25, -0.2) is 0 Å². The van der Waals surface area contributed by atoms with Crippen molar-refractivity contribution in [1.29, 1.82) is 0 Å². The number of amides is 1. The fourth-order valence-corrected chi connectivity index (χ4v) is 3.71. The lowest BCUT2D eigenvalue weighted by atomic mass is 10.1. The molecule has 0 spiro atoms. The Kier molecular flexibility index (Phi) is 6.71. The lowest BCUT2D eigenvalue weighted by molar-refractivity contribution is -0.125. The quantitative estimate of drug-likeness (QED) is 0.546. The zero-order chi connectivity index (χ0) is 19.9. The SMILES string of the molecule is COc1ccccc1-c1nnc(SCC(=O)N(C)C)n1CCc1ccccc1. The molecule has 1 aromatic heterocycles. The summed E-state index contributed by atoms with van der Waals surface area (Å²) in [4.78, 5) is 13.6. The second-order valence-corrected chi connectivity index (χ2v) is 7.41. The molecule has 0 radical (unpaired) electrons. The molecule has 0 saturated heterocycles. The van der Waals surface area contributed by atoms with Crippen LogP contribution in [0, 0.1) is 0 Å². The van der Waals surface area contributed by atoms with Crippen molar-refractivity contribution >= 4 is 17.7 Å². The summed E-state index contributed by atoms with van der Waals surface area (Å²) in [5.41, 5.74) is 2.12. The number of ether oxygens (including phenoxy) is 1. The molecular weight excluding hydrogens is 372 g/mol. The Labute approximate surface area is 169 Å². The molecule has 0 aliphatic carbocycles. The molecule has 0 aliphatic rings. The number of nitrogens with zero attached hydrogens (tertiary/aromatic N) is 4. The topological polar surface area (TPSA) is 60.3 Å². The van der Waals surface area contributed by atoms with Gasteiger partial charge in [0.25, 0.3) is 0 Å². The van der Waals surface area contributed by atoms with E-state index < -0.39 is 0 Å². The highest BCUT2D eigenvalue weighted by atomic mass is 32.2. The molecule has 0 bridgehead atoms. The van der Waals surface area contributed by atoms with Gasteiger partial charge in [-0.2, -0.15) is 0 Å². The first-order valence-electron chi connectivity index (χ1n) is 9.03. The number of benzene rings is 2. The highest BCUT2D eigenvalue weighted by Gasteiger charge is 2.18. The summed E-state index contributed by atoms with van der Waals surface area (Å²) in [5.74, 6) is 1.86. The predicted octanol–water partition coefficient (Wildman–Crippen LogP) is 3.38. The average molecular weight is 397 g/mol. The van der Waals surface area contributed by atoms with E-state index in [4.69, 9.17) is 4.74 Å². The number of hydrogen-bond acceptors (Lipinski definition) is 5. The maximum atomic E-state index is 12.0. The molecule has 0 unspecified atom stereocenters. The third-order valence-corrected chi connectivity index (χ3v) is 5.31. The molecule has 2 aromatic carbocycles. The Morgan fingerprint density at radius 2 is 1.79 bits per heavy atom. The molecule has 3 rings (SSSR count). The molecule has 0 fully saturated rings. The van der Waals surface area contributed by atoms with Crippen LogP contribution in [0.15, 0.2) is 59.8 Å². The summed E-state index contributed by atoms with van der Waals surface area (Å²) in [6.07, 6.45) is 0.843. The maximum absolute atomic E-state index is 12.0. The van der Waals surface area contributed by atoms with E-state index >= 15 is 0 Å². The molecule has 0 N–H and O–H groups in total. The van der Waals surface area contributed by atoms with Crippen LogP contribution < -0.4 is 4.74 Å². The van der Waals surface area contributed by atoms with Crippen LogP contribution in [0.25, 0.3) is 11.4 Å². The van der Waals surface area contributed by atoms with E-state index in [1.165, 1.54) is 17.3 Å². The minimum atomic E-state index is 0.0430. The third-order valence-electron chi connectivity index (χ3n) is 4.36. The number of para-hydroxylation sites is 1. The first kappa shape index (κ1) is 19.9. The molecule has 0 atom stereocenters. The minimum Gasteiger partial charge on any atom is -0.496 e. The first-order valence-corrected chi connectivity index (χ1v) is 10.0. The monoisotopic (exact) mass is 396 g/mol. The van der Waals surface area contributed by atoms with Crippen LogP contribution in [0.5, 0.6) is 5.75 Å². The van der Waals surface area contributed by atoms with Gasteiger partial charge in [0.15, 0.2) is 11.0 Å². The van der Waals surface area contributed by atoms with Crippen LogP contribution in [0.4, 0.5) is 0 Å². The smallest absolute Gasteiger partial charge is 0.232 e. The van der Waals surface area contributed by atoms with E-state index in [1.54, 1.807) is 26.1 Å². The van der Waals surface area contributed by atoms with E-state index in [1.807, 2.05) is 42.5 Å². The normalized spacial score (nSPS) is 10.7. The van der Waals surface area contributed by atoms with Crippen LogP contribution in [-0.4, -0.2) is 52.5 Å². The fraction of sp³-hybridized carbons (Fsp3) is 0.286. The van der Waals surface area contributed by atoms with E-state index in [2.05, 4.69) is 26.9 Å². The van der Waals surface area contributed by atoms with E-state index in [0.717, 1.165) is 28.7 Å². The van der Waals surface area contributed by atoms with Crippen molar-refractivity contribution < 1.29 is 9.53 Å². The lowest BCUT2D eigenvalue weighted by Crippen LogP contribution is -2.23. The molecule has 1 heterocycles. The fourth-order valence-electron chi connectivity index (χ4n) is 2.77. The van der Waals surface area contributed by atoms with Crippen molar-refractivity contribution in [3.05, 3.63) is 60.2 Å². The second kappa shape index (κ2) is 9.41. The molecular formula is C21H24N4O2S. The maximum Gasteiger partial charge on any atom is 0.232 e. The van der Waals surface area contributed by atoms with Gasteiger partial charge in [0, 0.05) is 20.6 Å². The Morgan fingerprint density at radius 3 is 2.50 bits per heavy atom. The summed E-state index contributed by atoms with van der Waals surface area (Å²) in [6, 6.07) is 18.1. The Hall–Kier alpha value is -2.80. The van der Waals surface area contributed by atoms with Gasteiger partial charge in [-0.05, 0) is 24.1 Å². The molecule has 0 saturated carbocycles. The first-order chi connectivity index (χ1) is 13.6. The number of carbonyl (C=O) groups is 1. The second-order valence-electron chi connectivity index (χ2n) is 6.47. The third kappa shape index (κ3) is 4.72. The van der Waals surface area contributed by atoms with Gasteiger partial charge in [-0.3, -0.25) is 4.79 Å². The largest absolute Gasteiger partial charge is 0.496 e. The van der Waals surface area contributed by atoms with Crippen LogP contribution in [-0.2, 0) is 17.8 Å². The van der Waals surface area contributed by atoms with Gasteiger partial charge < -0.3 is 14.2 Å². The van der Waals surface area contributed by atoms with Gasteiger partial charge in [-0.15, -0.1) is 10.2 Å². The van der Waals surface area contributed by atoms with Crippen LogP contribution in [0.1, 0.15) is 5.56 Å². The molecule has 146 valence electrons. The average Bonchev–Trinajstić information content (AvgIpc) is 3.13. The van der Waals surface area contributed by atoms with E-state index in [-0.39, 0.29) is 5.91 Å². The summed E-state index contributed by atoms with van der Waals surface area (Å²) >= 11 is 1.40. The number of thioether (sulfide) groups is 1. The number of carbonyl (C=O) groups excluding carboxylic acids is 1. The zero-order valence-electron chi connectivity index (χ0n) is 16.3. The molecule has 28 heavy (non-hydrogen) atoms. The molecule has 3 aromatic rings. The number of aromatic nitrogens is 3. The summed E-state index contributed by atoms with van der Waals surface area (Å²) in [5, 5.41) is 9.51. The van der Waals surface area contributed by atoms with Crippen LogP contribution in [0.3, 0.4) is 0 Å². The highest BCUT2D eigenvalue weighted by molar-refractivity contribution is 7.99. The number of rotatable bonds is 8. The van der Waals surface area contributed by atoms with Crippen molar-refractivity contribution in [2.24, 2.45) is 0 Å². The van der Waals surface area contributed by atoms with Gasteiger partial charge in [-0.1, -0.05) is 54.2 Å². The van der Waals surface area contributed by atoms with Gasteiger partial charge in [0.05, 0.1) is 18.4 Å². The number of aryl methyl sites for hydroxylation is 1. The molecule has 7 heteroatoms. The highest BCUT2D eigenvalue weighted by Crippen LogP contribution is 2.31. The summed E-state index contributed by atoms with van der Waals surface area (Å²) < 4.78 is 7.58. The van der Waals surface area contributed by atoms with Crippen molar-refractivity contribution in [3.63, 3.8) is 0 Å². The van der Waals surface area contributed by atoms with Crippen molar-refractivity contribution in [2.75, 3.05) is 27.0 Å². The van der Waals surface area contributed by atoms with Crippen molar-refractivity contribution in [2.45, 2.75) is 18.1 Å². The van der Waals surface area contributed by atoms with Crippen LogP contribution in [0.2, 0.25) is 0 Å². The van der Waals surface area contributed by atoms with Gasteiger partial charge in [0.2, 0.25) is 5.91 Å². The summed E-state index contributed by atoms with van der Waals surface area (Å²) in [6.45, 7) is 0.711. The Balaban J connectivity index is 1.91.